The first-order valence-corrected chi connectivity index (χ1v) is 9.54. The van der Waals surface area contributed by atoms with Crippen molar-refractivity contribution in [3.05, 3.63) is 64.3 Å². The maximum Gasteiger partial charge on any atom is 0.267 e. The summed E-state index contributed by atoms with van der Waals surface area (Å²) in [6.45, 7) is 1.74. The van der Waals surface area contributed by atoms with Gasteiger partial charge in [-0.05, 0) is 37.3 Å². The largest absolute Gasteiger partial charge is 0.355 e. The number of carbonyl (C=O) groups excluding carboxylic acids is 3. The zero-order valence-corrected chi connectivity index (χ0v) is 16.9. The third-order valence-corrected chi connectivity index (χ3v) is 5.23. The zero-order chi connectivity index (χ0) is 21.0. The summed E-state index contributed by atoms with van der Waals surface area (Å²) in [5.41, 5.74) is 2.12. The van der Waals surface area contributed by atoms with Gasteiger partial charge in [-0.3, -0.25) is 19.4 Å². The molecule has 29 heavy (non-hydrogen) atoms. The lowest BCUT2D eigenvalue weighted by molar-refractivity contribution is 0.0960. The molecular formula is C20H19N5O3S. The van der Waals surface area contributed by atoms with Gasteiger partial charge in [0.1, 0.15) is 9.88 Å². The summed E-state index contributed by atoms with van der Waals surface area (Å²) in [4.78, 5) is 46.0. The molecule has 3 rings (SSSR count). The van der Waals surface area contributed by atoms with Crippen LogP contribution in [0.3, 0.4) is 0 Å². The van der Waals surface area contributed by atoms with Gasteiger partial charge in [0, 0.05) is 37.1 Å². The minimum Gasteiger partial charge on any atom is -0.355 e. The standard InChI is InChI=1S/C20H19N5O3S/c1-11-16(29-20(24-11)15-6-4-5-7-23-15)19(28)25-14-9-12(17(26)21-2)8-13(10-14)18(27)22-3/h4-10H,1-3H3,(H,21,26)(H,22,27)(H,25,28). The fourth-order valence-electron chi connectivity index (χ4n) is 2.64. The summed E-state index contributed by atoms with van der Waals surface area (Å²) < 4.78 is 0. The van der Waals surface area contributed by atoms with E-state index < -0.39 is 0 Å². The van der Waals surface area contributed by atoms with Crippen LogP contribution >= 0.6 is 11.3 Å². The van der Waals surface area contributed by atoms with E-state index in [0.717, 1.165) is 0 Å². The zero-order valence-electron chi connectivity index (χ0n) is 16.1. The molecule has 1 aromatic carbocycles. The summed E-state index contributed by atoms with van der Waals surface area (Å²) in [6, 6.07) is 9.97. The van der Waals surface area contributed by atoms with Crippen molar-refractivity contribution < 1.29 is 14.4 Å². The van der Waals surface area contributed by atoms with Crippen molar-refractivity contribution in [3.63, 3.8) is 0 Å². The van der Waals surface area contributed by atoms with Gasteiger partial charge in [-0.1, -0.05) is 6.07 Å². The molecule has 0 unspecified atom stereocenters. The minimum absolute atomic E-state index is 0.263. The van der Waals surface area contributed by atoms with Crippen LogP contribution in [0.2, 0.25) is 0 Å². The van der Waals surface area contributed by atoms with E-state index in [1.54, 1.807) is 19.2 Å². The van der Waals surface area contributed by atoms with E-state index >= 15 is 0 Å². The number of hydrogen-bond acceptors (Lipinski definition) is 6. The minimum atomic E-state index is -0.376. The van der Waals surface area contributed by atoms with Crippen LogP contribution in [0.5, 0.6) is 0 Å². The van der Waals surface area contributed by atoms with E-state index in [1.807, 2.05) is 12.1 Å². The Bertz CT molecular complexity index is 1040. The first-order chi connectivity index (χ1) is 13.9. The van der Waals surface area contributed by atoms with E-state index in [0.29, 0.717) is 27.0 Å². The molecule has 0 saturated carbocycles. The summed E-state index contributed by atoms with van der Waals surface area (Å²) in [5, 5.41) is 8.41. The first kappa shape index (κ1) is 20.2. The quantitative estimate of drug-likeness (QED) is 0.599. The van der Waals surface area contributed by atoms with Crippen LogP contribution < -0.4 is 16.0 Å². The lowest BCUT2D eigenvalue weighted by Gasteiger charge is -2.10. The summed E-state index contributed by atoms with van der Waals surface area (Å²) in [5.74, 6) is -1.10. The maximum absolute atomic E-state index is 12.8. The molecule has 3 N–H and O–H groups in total. The Morgan fingerprint density at radius 2 is 1.59 bits per heavy atom. The molecule has 8 nitrogen and oxygen atoms in total. The molecule has 2 aromatic heterocycles. The number of carbonyl (C=O) groups is 3. The highest BCUT2D eigenvalue weighted by Gasteiger charge is 2.18. The Balaban J connectivity index is 1.91. The van der Waals surface area contributed by atoms with Crippen LogP contribution in [0, 0.1) is 6.92 Å². The number of hydrogen-bond donors (Lipinski definition) is 3. The number of pyridine rings is 1. The molecule has 3 aromatic rings. The molecule has 0 bridgehead atoms. The highest BCUT2D eigenvalue weighted by atomic mass is 32.1. The molecule has 0 spiro atoms. The lowest BCUT2D eigenvalue weighted by atomic mass is 10.1. The number of nitrogens with zero attached hydrogens (tertiary/aromatic N) is 2. The van der Waals surface area contributed by atoms with Crippen molar-refractivity contribution in [2.75, 3.05) is 19.4 Å². The predicted octanol–water partition coefficient (Wildman–Crippen LogP) is 2.49. The van der Waals surface area contributed by atoms with Crippen LogP contribution in [0.25, 0.3) is 10.7 Å². The highest BCUT2D eigenvalue weighted by Crippen LogP contribution is 2.27. The molecule has 0 radical (unpaired) electrons. The van der Waals surface area contributed by atoms with E-state index in [4.69, 9.17) is 0 Å². The third-order valence-electron chi connectivity index (χ3n) is 4.06. The van der Waals surface area contributed by atoms with Crippen molar-refractivity contribution in [3.8, 4) is 10.7 Å². The molecule has 2 heterocycles. The normalized spacial score (nSPS) is 10.3. The van der Waals surface area contributed by atoms with Crippen LogP contribution in [0.15, 0.2) is 42.6 Å². The second kappa shape index (κ2) is 8.61. The number of amides is 3. The highest BCUT2D eigenvalue weighted by molar-refractivity contribution is 7.17. The van der Waals surface area contributed by atoms with Gasteiger partial charge >= 0.3 is 0 Å². The Morgan fingerprint density at radius 3 is 2.14 bits per heavy atom. The number of benzene rings is 1. The fraction of sp³-hybridized carbons (Fsp3) is 0.150. The van der Waals surface area contributed by atoms with Crippen LogP contribution in [0.1, 0.15) is 36.1 Å². The lowest BCUT2D eigenvalue weighted by Crippen LogP contribution is -2.22. The van der Waals surface area contributed by atoms with Crippen molar-refractivity contribution in [1.82, 2.24) is 20.6 Å². The summed E-state index contributed by atoms with van der Waals surface area (Å²) in [6.07, 6.45) is 1.66. The molecular weight excluding hydrogens is 390 g/mol. The van der Waals surface area contributed by atoms with E-state index in [1.165, 1.54) is 43.6 Å². The molecule has 0 aliphatic heterocycles. The fourth-order valence-corrected chi connectivity index (χ4v) is 3.58. The molecule has 0 fully saturated rings. The second-order valence-electron chi connectivity index (χ2n) is 6.06. The van der Waals surface area contributed by atoms with Gasteiger partial charge in [0.05, 0.1) is 11.4 Å². The number of anilines is 1. The Morgan fingerprint density at radius 1 is 0.931 bits per heavy atom. The Kier molecular flexibility index (Phi) is 5.99. The van der Waals surface area contributed by atoms with Gasteiger partial charge in [0.2, 0.25) is 0 Å². The van der Waals surface area contributed by atoms with Crippen LogP contribution in [-0.2, 0) is 0 Å². The van der Waals surface area contributed by atoms with E-state index in [2.05, 4.69) is 25.9 Å². The third kappa shape index (κ3) is 4.46. The van der Waals surface area contributed by atoms with Crippen molar-refractivity contribution >= 4 is 34.7 Å². The smallest absolute Gasteiger partial charge is 0.267 e. The average Bonchev–Trinajstić information content (AvgIpc) is 3.14. The monoisotopic (exact) mass is 409 g/mol. The first-order valence-electron chi connectivity index (χ1n) is 8.72. The van der Waals surface area contributed by atoms with Gasteiger partial charge < -0.3 is 16.0 Å². The van der Waals surface area contributed by atoms with E-state index in [-0.39, 0.29) is 28.8 Å². The van der Waals surface area contributed by atoms with Crippen LogP contribution in [0.4, 0.5) is 5.69 Å². The van der Waals surface area contributed by atoms with Crippen molar-refractivity contribution in [2.45, 2.75) is 6.92 Å². The predicted molar refractivity (Wildman–Crippen MR) is 111 cm³/mol. The summed E-state index contributed by atoms with van der Waals surface area (Å²) in [7, 11) is 2.99. The van der Waals surface area contributed by atoms with Crippen molar-refractivity contribution in [1.29, 1.82) is 0 Å². The molecule has 9 heteroatoms. The SMILES string of the molecule is CNC(=O)c1cc(NC(=O)c2sc(-c3ccccn3)nc2C)cc(C(=O)NC)c1. The van der Waals surface area contributed by atoms with Crippen molar-refractivity contribution in [2.24, 2.45) is 0 Å². The van der Waals surface area contributed by atoms with Gasteiger partial charge in [0.15, 0.2) is 0 Å². The number of aromatic nitrogens is 2. The molecule has 3 amide bonds. The topological polar surface area (TPSA) is 113 Å². The molecule has 0 atom stereocenters. The molecule has 148 valence electrons. The molecule has 0 saturated heterocycles. The van der Waals surface area contributed by atoms with Gasteiger partial charge in [0.25, 0.3) is 17.7 Å². The van der Waals surface area contributed by atoms with Crippen LogP contribution in [-0.4, -0.2) is 41.8 Å². The average molecular weight is 409 g/mol. The maximum atomic E-state index is 12.8. The number of aryl methyl sites for hydroxylation is 1. The second-order valence-corrected chi connectivity index (χ2v) is 7.06. The van der Waals surface area contributed by atoms with Gasteiger partial charge in [-0.25, -0.2) is 4.98 Å². The number of thiazole rings is 1. The molecule has 0 aliphatic rings. The molecule has 0 aliphatic carbocycles. The summed E-state index contributed by atoms with van der Waals surface area (Å²) >= 11 is 1.23. The van der Waals surface area contributed by atoms with E-state index in [9.17, 15) is 14.4 Å². The number of rotatable bonds is 5. The Labute approximate surface area is 171 Å². The van der Waals surface area contributed by atoms with Gasteiger partial charge in [-0.2, -0.15) is 0 Å². The Hall–Kier alpha value is -3.59. The van der Waals surface area contributed by atoms with Gasteiger partial charge in [-0.15, -0.1) is 11.3 Å². The number of nitrogens with one attached hydrogen (secondary N) is 3.